The highest BCUT2D eigenvalue weighted by molar-refractivity contribution is 7.89. The van der Waals surface area contributed by atoms with Crippen molar-refractivity contribution in [2.24, 2.45) is 0 Å². The van der Waals surface area contributed by atoms with Crippen LogP contribution in [0.5, 0.6) is 11.5 Å². The van der Waals surface area contributed by atoms with E-state index in [0.717, 1.165) is 29.7 Å². The number of ether oxygens (including phenoxy) is 2. The number of piperidine rings is 1. The number of hydrogen-bond acceptors (Lipinski definition) is 7. The molecule has 0 radical (unpaired) electrons. The first-order valence-electron chi connectivity index (χ1n) is 10.0. The Kier molecular flexibility index (Phi) is 5.97. The monoisotopic (exact) mass is 443 g/mol. The number of methoxy groups -OCH3 is 2. The standard InChI is InChI=1S/C22H25N3O5S/c1-15-13-19(10-11-20(15)29-3)31(26,27)25-12-4-5-17(14-25)22-24-23-21(30-22)16-6-8-18(28-2)9-7-16/h6-11,13,17H,4-5,12,14H2,1-3H3. The number of rotatable bonds is 6. The van der Waals surface area contributed by atoms with Gasteiger partial charge in [-0.3, -0.25) is 0 Å². The van der Waals surface area contributed by atoms with Crippen LogP contribution in [-0.4, -0.2) is 50.2 Å². The Morgan fingerprint density at radius 1 is 1.06 bits per heavy atom. The molecule has 1 saturated heterocycles. The van der Waals surface area contributed by atoms with Crippen LogP contribution in [0.1, 0.15) is 30.2 Å². The Morgan fingerprint density at radius 2 is 1.84 bits per heavy atom. The van der Waals surface area contributed by atoms with Gasteiger partial charge in [-0.2, -0.15) is 4.31 Å². The SMILES string of the molecule is COc1ccc(-c2nnc(C3CCCN(S(=O)(=O)c4ccc(OC)c(C)c4)C3)o2)cc1. The van der Waals surface area contributed by atoms with Crippen LogP contribution in [0, 0.1) is 6.92 Å². The van der Waals surface area contributed by atoms with Gasteiger partial charge in [-0.15, -0.1) is 10.2 Å². The molecule has 0 bridgehead atoms. The summed E-state index contributed by atoms with van der Waals surface area (Å²) in [5, 5.41) is 8.35. The molecule has 2 heterocycles. The molecular formula is C22H25N3O5S. The maximum atomic E-state index is 13.2. The van der Waals surface area contributed by atoms with E-state index in [9.17, 15) is 8.42 Å². The summed E-state index contributed by atoms with van der Waals surface area (Å²) in [4.78, 5) is 0.260. The predicted octanol–water partition coefficient (Wildman–Crippen LogP) is 3.63. The summed E-state index contributed by atoms with van der Waals surface area (Å²) in [5.41, 5.74) is 1.56. The molecule has 0 saturated carbocycles. The molecular weight excluding hydrogens is 418 g/mol. The van der Waals surface area contributed by atoms with Crippen LogP contribution in [-0.2, 0) is 10.0 Å². The zero-order chi connectivity index (χ0) is 22.0. The summed E-state index contributed by atoms with van der Waals surface area (Å²) in [6.45, 7) is 2.59. The molecule has 2 aromatic carbocycles. The van der Waals surface area contributed by atoms with Gasteiger partial charge in [-0.05, 0) is 67.8 Å². The third-order valence-electron chi connectivity index (χ3n) is 5.52. The Labute approximate surface area is 181 Å². The highest BCUT2D eigenvalue weighted by Crippen LogP contribution is 2.32. The fraction of sp³-hybridized carbons (Fsp3) is 0.364. The quantitative estimate of drug-likeness (QED) is 0.574. The lowest BCUT2D eigenvalue weighted by molar-refractivity contribution is 0.286. The number of aromatic nitrogens is 2. The molecule has 0 spiro atoms. The Balaban J connectivity index is 1.53. The van der Waals surface area contributed by atoms with E-state index in [-0.39, 0.29) is 10.8 Å². The molecule has 9 heteroatoms. The lowest BCUT2D eigenvalue weighted by Gasteiger charge is -2.30. The van der Waals surface area contributed by atoms with E-state index in [1.165, 1.54) is 4.31 Å². The predicted molar refractivity (Wildman–Crippen MR) is 115 cm³/mol. The van der Waals surface area contributed by atoms with Crippen molar-refractivity contribution >= 4 is 10.0 Å². The van der Waals surface area contributed by atoms with Crippen molar-refractivity contribution in [1.82, 2.24) is 14.5 Å². The Hall–Kier alpha value is -2.91. The molecule has 1 unspecified atom stereocenters. The molecule has 0 aliphatic carbocycles. The molecule has 1 aromatic heterocycles. The molecule has 0 N–H and O–H groups in total. The number of benzene rings is 2. The van der Waals surface area contributed by atoms with Crippen molar-refractivity contribution in [1.29, 1.82) is 0 Å². The minimum absolute atomic E-state index is 0.151. The lowest BCUT2D eigenvalue weighted by Crippen LogP contribution is -2.39. The van der Waals surface area contributed by atoms with Crippen LogP contribution in [0.2, 0.25) is 0 Å². The van der Waals surface area contributed by atoms with Gasteiger partial charge in [0, 0.05) is 18.7 Å². The van der Waals surface area contributed by atoms with E-state index in [0.29, 0.717) is 30.6 Å². The summed E-state index contributed by atoms with van der Waals surface area (Å²) < 4.78 is 44.2. The van der Waals surface area contributed by atoms with E-state index < -0.39 is 10.0 Å². The van der Waals surface area contributed by atoms with Crippen molar-refractivity contribution in [3.63, 3.8) is 0 Å². The highest BCUT2D eigenvalue weighted by Gasteiger charge is 2.33. The zero-order valence-electron chi connectivity index (χ0n) is 17.7. The average Bonchev–Trinajstić information content (AvgIpc) is 3.29. The van der Waals surface area contributed by atoms with Crippen LogP contribution in [0.4, 0.5) is 0 Å². The van der Waals surface area contributed by atoms with Crippen LogP contribution in [0.3, 0.4) is 0 Å². The molecule has 1 atom stereocenters. The minimum Gasteiger partial charge on any atom is -0.497 e. The smallest absolute Gasteiger partial charge is 0.247 e. The van der Waals surface area contributed by atoms with E-state index in [4.69, 9.17) is 13.9 Å². The second-order valence-corrected chi connectivity index (χ2v) is 9.45. The van der Waals surface area contributed by atoms with Gasteiger partial charge in [-0.25, -0.2) is 8.42 Å². The lowest BCUT2D eigenvalue weighted by atomic mass is 10.00. The van der Waals surface area contributed by atoms with Gasteiger partial charge in [0.15, 0.2) is 0 Å². The first kappa shape index (κ1) is 21.3. The van der Waals surface area contributed by atoms with Gasteiger partial charge in [-0.1, -0.05) is 0 Å². The normalized spacial score (nSPS) is 17.5. The maximum Gasteiger partial charge on any atom is 0.247 e. The van der Waals surface area contributed by atoms with E-state index >= 15 is 0 Å². The summed E-state index contributed by atoms with van der Waals surface area (Å²) in [6.07, 6.45) is 1.51. The van der Waals surface area contributed by atoms with Gasteiger partial charge in [0.05, 0.1) is 25.0 Å². The molecule has 3 aromatic rings. The number of sulfonamides is 1. The van der Waals surface area contributed by atoms with Crippen LogP contribution < -0.4 is 9.47 Å². The van der Waals surface area contributed by atoms with Crippen molar-refractivity contribution in [3.05, 3.63) is 53.9 Å². The minimum atomic E-state index is -3.63. The average molecular weight is 444 g/mol. The third kappa shape index (κ3) is 4.28. The molecule has 1 aliphatic heterocycles. The number of hydrogen-bond donors (Lipinski definition) is 0. The number of aryl methyl sites for hydroxylation is 1. The fourth-order valence-corrected chi connectivity index (χ4v) is 5.38. The molecule has 8 nitrogen and oxygen atoms in total. The summed E-state index contributed by atoms with van der Waals surface area (Å²) >= 11 is 0. The molecule has 0 amide bonds. The number of nitrogens with zero attached hydrogens (tertiary/aromatic N) is 3. The maximum absolute atomic E-state index is 13.2. The summed E-state index contributed by atoms with van der Waals surface area (Å²) in [6, 6.07) is 12.3. The molecule has 164 valence electrons. The van der Waals surface area contributed by atoms with Gasteiger partial charge >= 0.3 is 0 Å². The first-order chi connectivity index (χ1) is 14.9. The van der Waals surface area contributed by atoms with Crippen molar-refractivity contribution in [2.75, 3.05) is 27.3 Å². The molecule has 4 rings (SSSR count). The van der Waals surface area contributed by atoms with Crippen molar-refractivity contribution in [3.8, 4) is 23.0 Å². The third-order valence-corrected chi connectivity index (χ3v) is 7.38. The fourth-order valence-electron chi connectivity index (χ4n) is 3.77. The van der Waals surface area contributed by atoms with Crippen molar-refractivity contribution in [2.45, 2.75) is 30.6 Å². The largest absolute Gasteiger partial charge is 0.497 e. The van der Waals surface area contributed by atoms with E-state index in [1.54, 1.807) is 32.4 Å². The molecule has 1 fully saturated rings. The molecule has 1 aliphatic rings. The summed E-state index contributed by atoms with van der Waals surface area (Å²) in [7, 11) is -0.457. The van der Waals surface area contributed by atoms with Crippen LogP contribution in [0.15, 0.2) is 51.8 Å². The zero-order valence-corrected chi connectivity index (χ0v) is 18.6. The van der Waals surface area contributed by atoms with Gasteiger partial charge in [0.1, 0.15) is 11.5 Å². The summed E-state index contributed by atoms with van der Waals surface area (Å²) in [5.74, 6) is 2.11. The molecule has 31 heavy (non-hydrogen) atoms. The van der Waals surface area contributed by atoms with Gasteiger partial charge in [0.2, 0.25) is 21.8 Å². The van der Waals surface area contributed by atoms with E-state index in [1.807, 2.05) is 31.2 Å². The Bertz CT molecular complexity index is 1160. The Morgan fingerprint density at radius 3 is 2.52 bits per heavy atom. The second-order valence-electron chi connectivity index (χ2n) is 7.51. The van der Waals surface area contributed by atoms with Crippen LogP contribution >= 0.6 is 0 Å². The van der Waals surface area contributed by atoms with Crippen molar-refractivity contribution < 1.29 is 22.3 Å². The van der Waals surface area contributed by atoms with Gasteiger partial charge in [0.25, 0.3) is 0 Å². The second kappa shape index (κ2) is 8.68. The van der Waals surface area contributed by atoms with Gasteiger partial charge < -0.3 is 13.9 Å². The first-order valence-corrected chi connectivity index (χ1v) is 11.5. The van der Waals surface area contributed by atoms with Crippen LogP contribution in [0.25, 0.3) is 11.5 Å². The van der Waals surface area contributed by atoms with E-state index in [2.05, 4.69) is 10.2 Å². The highest BCUT2D eigenvalue weighted by atomic mass is 32.2. The topological polar surface area (TPSA) is 94.8 Å².